The highest BCUT2D eigenvalue weighted by atomic mass is 14.9. The fourth-order valence-corrected chi connectivity index (χ4v) is 1.53. The molecular formula is C14H17N3. The molecule has 0 aliphatic carbocycles. The van der Waals surface area contributed by atoms with Gasteiger partial charge in [-0.1, -0.05) is 12.1 Å². The molecule has 0 saturated carbocycles. The van der Waals surface area contributed by atoms with Crippen molar-refractivity contribution >= 4 is 5.69 Å². The van der Waals surface area contributed by atoms with Crippen molar-refractivity contribution in [2.75, 3.05) is 11.9 Å². The van der Waals surface area contributed by atoms with Crippen LogP contribution in [0, 0.1) is 35.0 Å². The summed E-state index contributed by atoms with van der Waals surface area (Å²) in [6.07, 6.45) is 0.752. The Labute approximate surface area is 103 Å². The lowest BCUT2D eigenvalue weighted by Gasteiger charge is -2.16. The van der Waals surface area contributed by atoms with Crippen molar-refractivity contribution in [1.82, 2.24) is 0 Å². The number of hydrogen-bond acceptors (Lipinski definition) is 3. The normalized spacial score (nSPS) is 10.4. The molecule has 0 atom stereocenters. The number of nitriles is 2. The topological polar surface area (TPSA) is 59.6 Å². The fourth-order valence-electron chi connectivity index (χ4n) is 1.53. The zero-order valence-electron chi connectivity index (χ0n) is 10.5. The van der Waals surface area contributed by atoms with Gasteiger partial charge in [-0.3, -0.25) is 0 Å². The zero-order chi connectivity index (χ0) is 12.9. The van der Waals surface area contributed by atoms with Gasteiger partial charge in [0.05, 0.1) is 22.7 Å². The second-order valence-corrected chi connectivity index (χ2v) is 4.78. The SMILES string of the molecule is Cc1cccc(NCCC(C)(C)C#N)c1C#N. The molecule has 0 aliphatic rings. The number of hydrogen-bond donors (Lipinski definition) is 1. The Balaban J connectivity index is 2.69. The molecule has 3 heteroatoms. The third-order valence-corrected chi connectivity index (χ3v) is 2.75. The summed E-state index contributed by atoms with van der Waals surface area (Å²) in [6, 6.07) is 10.2. The number of rotatable bonds is 4. The van der Waals surface area contributed by atoms with Gasteiger partial charge < -0.3 is 5.32 Å². The molecule has 0 radical (unpaired) electrons. The summed E-state index contributed by atoms with van der Waals surface area (Å²) in [5.41, 5.74) is 2.17. The van der Waals surface area contributed by atoms with Crippen molar-refractivity contribution in [2.45, 2.75) is 27.2 Å². The lowest BCUT2D eigenvalue weighted by atomic mass is 9.91. The van der Waals surface area contributed by atoms with Gasteiger partial charge in [-0.25, -0.2) is 0 Å². The average Bonchev–Trinajstić information content (AvgIpc) is 2.29. The van der Waals surface area contributed by atoms with Gasteiger partial charge in [-0.15, -0.1) is 0 Å². The summed E-state index contributed by atoms with van der Waals surface area (Å²) < 4.78 is 0. The van der Waals surface area contributed by atoms with Gasteiger partial charge in [0.25, 0.3) is 0 Å². The molecule has 1 N–H and O–H groups in total. The monoisotopic (exact) mass is 227 g/mol. The van der Waals surface area contributed by atoms with Crippen molar-refractivity contribution in [3.8, 4) is 12.1 Å². The number of nitrogens with zero attached hydrogens (tertiary/aromatic N) is 2. The first-order chi connectivity index (χ1) is 8.00. The summed E-state index contributed by atoms with van der Waals surface area (Å²) in [7, 11) is 0. The van der Waals surface area contributed by atoms with E-state index in [2.05, 4.69) is 17.5 Å². The quantitative estimate of drug-likeness (QED) is 0.859. The second-order valence-electron chi connectivity index (χ2n) is 4.78. The van der Waals surface area contributed by atoms with E-state index in [0.717, 1.165) is 17.7 Å². The minimum atomic E-state index is -0.330. The Hall–Kier alpha value is -2.00. The highest BCUT2D eigenvalue weighted by molar-refractivity contribution is 5.60. The molecule has 0 saturated heterocycles. The van der Waals surface area contributed by atoms with Crippen LogP contribution in [0.5, 0.6) is 0 Å². The Morgan fingerprint density at radius 1 is 1.29 bits per heavy atom. The maximum atomic E-state index is 9.06. The van der Waals surface area contributed by atoms with Crippen LogP contribution in [-0.2, 0) is 0 Å². The minimum Gasteiger partial charge on any atom is -0.384 e. The fraction of sp³-hybridized carbons (Fsp3) is 0.429. The Morgan fingerprint density at radius 2 is 2.00 bits per heavy atom. The van der Waals surface area contributed by atoms with E-state index < -0.39 is 0 Å². The molecule has 88 valence electrons. The lowest BCUT2D eigenvalue weighted by Crippen LogP contribution is -2.15. The van der Waals surface area contributed by atoms with Crippen LogP contribution < -0.4 is 5.32 Å². The Bertz CT molecular complexity index is 475. The van der Waals surface area contributed by atoms with Gasteiger partial charge in [-0.2, -0.15) is 10.5 Å². The van der Waals surface area contributed by atoms with E-state index in [9.17, 15) is 0 Å². The highest BCUT2D eigenvalue weighted by Gasteiger charge is 2.16. The first-order valence-corrected chi connectivity index (χ1v) is 5.65. The molecular weight excluding hydrogens is 210 g/mol. The van der Waals surface area contributed by atoms with Gasteiger partial charge in [0, 0.05) is 6.54 Å². The van der Waals surface area contributed by atoms with E-state index in [1.807, 2.05) is 39.0 Å². The van der Waals surface area contributed by atoms with Gasteiger partial charge >= 0.3 is 0 Å². The molecule has 1 aromatic rings. The third kappa shape index (κ3) is 3.50. The van der Waals surface area contributed by atoms with Crippen LogP contribution in [0.1, 0.15) is 31.4 Å². The van der Waals surface area contributed by atoms with Crippen molar-refractivity contribution < 1.29 is 0 Å². The van der Waals surface area contributed by atoms with Crippen LogP contribution in [0.25, 0.3) is 0 Å². The summed E-state index contributed by atoms with van der Waals surface area (Å²) in [4.78, 5) is 0. The Kier molecular flexibility index (Phi) is 4.12. The van der Waals surface area contributed by atoms with E-state index in [0.29, 0.717) is 12.1 Å². The van der Waals surface area contributed by atoms with Crippen LogP contribution in [-0.4, -0.2) is 6.54 Å². The van der Waals surface area contributed by atoms with Crippen molar-refractivity contribution in [1.29, 1.82) is 10.5 Å². The van der Waals surface area contributed by atoms with Crippen molar-refractivity contribution in [2.24, 2.45) is 5.41 Å². The molecule has 1 aromatic carbocycles. The lowest BCUT2D eigenvalue weighted by molar-refractivity contribution is 0.466. The van der Waals surface area contributed by atoms with Crippen molar-refractivity contribution in [3.05, 3.63) is 29.3 Å². The predicted octanol–water partition coefficient (Wildman–Crippen LogP) is 3.22. The molecule has 1 rings (SSSR count). The van der Waals surface area contributed by atoms with Crippen molar-refractivity contribution in [3.63, 3.8) is 0 Å². The van der Waals surface area contributed by atoms with Crippen LogP contribution >= 0.6 is 0 Å². The number of anilines is 1. The number of aryl methyl sites for hydroxylation is 1. The molecule has 0 bridgehead atoms. The van der Waals surface area contributed by atoms with E-state index in [4.69, 9.17) is 10.5 Å². The molecule has 0 aromatic heterocycles. The molecule has 0 aliphatic heterocycles. The van der Waals surface area contributed by atoms with E-state index in [-0.39, 0.29) is 5.41 Å². The van der Waals surface area contributed by atoms with E-state index in [1.54, 1.807) is 0 Å². The minimum absolute atomic E-state index is 0.330. The molecule has 0 fully saturated rings. The zero-order valence-corrected chi connectivity index (χ0v) is 10.5. The van der Waals surface area contributed by atoms with Crippen LogP contribution in [0.4, 0.5) is 5.69 Å². The maximum absolute atomic E-state index is 9.06. The molecule has 0 unspecified atom stereocenters. The van der Waals surface area contributed by atoms with Gasteiger partial charge in [0.2, 0.25) is 0 Å². The predicted molar refractivity (Wildman–Crippen MR) is 68.4 cm³/mol. The first kappa shape index (κ1) is 13.1. The van der Waals surface area contributed by atoms with Crippen LogP contribution in [0.15, 0.2) is 18.2 Å². The van der Waals surface area contributed by atoms with Gasteiger partial charge in [0.1, 0.15) is 6.07 Å². The molecule has 0 heterocycles. The standard InChI is InChI=1S/C14H17N3/c1-11-5-4-6-13(12(11)9-15)17-8-7-14(2,3)10-16/h4-6,17H,7-8H2,1-3H3. The third-order valence-electron chi connectivity index (χ3n) is 2.75. The summed E-state index contributed by atoms with van der Waals surface area (Å²) in [5, 5.41) is 21.2. The van der Waals surface area contributed by atoms with Crippen LogP contribution in [0.3, 0.4) is 0 Å². The maximum Gasteiger partial charge on any atom is 0.102 e. The van der Waals surface area contributed by atoms with Gasteiger partial charge in [-0.05, 0) is 38.8 Å². The summed E-state index contributed by atoms with van der Waals surface area (Å²) >= 11 is 0. The van der Waals surface area contributed by atoms with Crippen LogP contribution in [0.2, 0.25) is 0 Å². The smallest absolute Gasteiger partial charge is 0.102 e. The Morgan fingerprint density at radius 3 is 2.59 bits per heavy atom. The number of nitrogens with one attached hydrogen (secondary N) is 1. The number of benzene rings is 1. The average molecular weight is 227 g/mol. The molecule has 17 heavy (non-hydrogen) atoms. The van der Waals surface area contributed by atoms with Gasteiger partial charge in [0.15, 0.2) is 0 Å². The van der Waals surface area contributed by atoms with E-state index in [1.165, 1.54) is 0 Å². The second kappa shape index (κ2) is 5.37. The molecule has 0 spiro atoms. The summed E-state index contributed by atoms with van der Waals surface area (Å²) in [6.45, 7) is 6.44. The molecule has 0 amide bonds. The highest BCUT2D eigenvalue weighted by Crippen LogP contribution is 2.21. The largest absolute Gasteiger partial charge is 0.384 e. The molecule has 3 nitrogen and oxygen atoms in total. The van der Waals surface area contributed by atoms with E-state index >= 15 is 0 Å². The summed E-state index contributed by atoms with van der Waals surface area (Å²) in [5.74, 6) is 0. The first-order valence-electron chi connectivity index (χ1n) is 5.65.